The average Bonchev–Trinajstić information content (AvgIpc) is 2.71. The van der Waals surface area contributed by atoms with Crippen molar-refractivity contribution in [2.75, 3.05) is 39.3 Å². The minimum Gasteiger partial charge on any atom is -0.395 e. The molecule has 1 aromatic heterocycles. The van der Waals surface area contributed by atoms with Gasteiger partial charge >= 0.3 is 0 Å². The molecule has 18 heavy (non-hydrogen) atoms. The SMILES string of the molecule is CCc1ccc(CN2CCCN(CCO)CC2)s1. The fourth-order valence-corrected chi connectivity index (χ4v) is 3.47. The highest BCUT2D eigenvalue weighted by Crippen LogP contribution is 2.19. The molecule has 0 saturated carbocycles. The second kappa shape index (κ2) is 7.24. The zero-order valence-corrected chi connectivity index (χ0v) is 12.1. The van der Waals surface area contributed by atoms with Gasteiger partial charge in [-0.3, -0.25) is 9.80 Å². The van der Waals surface area contributed by atoms with Crippen LogP contribution < -0.4 is 0 Å². The summed E-state index contributed by atoms with van der Waals surface area (Å²) in [5, 5.41) is 8.99. The third-order valence-corrected chi connectivity index (χ3v) is 4.76. The number of aryl methyl sites for hydroxylation is 1. The van der Waals surface area contributed by atoms with Gasteiger partial charge in [0.2, 0.25) is 0 Å². The van der Waals surface area contributed by atoms with Crippen LogP contribution in [-0.4, -0.2) is 54.2 Å². The van der Waals surface area contributed by atoms with Crippen LogP contribution in [0.5, 0.6) is 0 Å². The Labute approximate surface area is 114 Å². The minimum atomic E-state index is 0.283. The van der Waals surface area contributed by atoms with Crippen LogP contribution >= 0.6 is 11.3 Å². The molecule has 3 nitrogen and oxygen atoms in total. The topological polar surface area (TPSA) is 26.7 Å². The van der Waals surface area contributed by atoms with E-state index < -0.39 is 0 Å². The Kier molecular flexibility index (Phi) is 5.63. The highest BCUT2D eigenvalue weighted by molar-refractivity contribution is 7.11. The van der Waals surface area contributed by atoms with E-state index in [0.29, 0.717) is 0 Å². The second-order valence-electron chi connectivity index (χ2n) is 4.92. The summed E-state index contributed by atoms with van der Waals surface area (Å²) in [6.45, 7) is 8.94. The van der Waals surface area contributed by atoms with E-state index in [1.54, 1.807) is 0 Å². The second-order valence-corrected chi connectivity index (χ2v) is 6.17. The van der Waals surface area contributed by atoms with Crippen LogP contribution in [0.25, 0.3) is 0 Å². The van der Waals surface area contributed by atoms with Crippen molar-refractivity contribution in [1.29, 1.82) is 0 Å². The number of hydrogen-bond donors (Lipinski definition) is 1. The fraction of sp³-hybridized carbons (Fsp3) is 0.714. The Balaban J connectivity index is 1.82. The Morgan fingerprint density at radius 1 is 1.11 bits per heavy atom. The van der Waals surface area contributed by atoms with E-state index in [4.69, 9.17) is 5.11 Å². The monoisotopic (exact) mass is 268 g/mol. The molecular formula is C14H24N2OS. The first-order valence-electron chi connectivity index (χ1n) is 6.95. The van der Waals surface area contributed by atoms with Gasteiger partial charge in [-0.2, -0.15) is 0 Å². The van der Waals surface area contributed by atoms with Crippen LogP contribution in [0.4, 0.5) is 0 Å². The molecule has 0 unspecified atom stereocenters. The van der Waals surface area contributed by atoms with Crippen molar-refractivity contribution in [3.05, 3.63) is 21.9 Å². The van der Waals surface area contributed by atoms with Crippen LogP contribution in [0.1, 0.15) is 23.1 Å². The zero-order chi connectivity index (χ0) is 12.8. The minimum absolute atomic E-state index is 0.283. The van der Waals surface area contributed by atoms with Crippen molar-refractivity contribution in [3.63, 3.8) is 0 Å². The summed E-state index contributed by atoms with van der Waals surface area (Å²) < 4.78 is 0. The van der Waals surface area contributed by atoms with Gasteiger partial charge in [-0.05, 0) is 38.1 Å². The molecule has 1 N–H and O–H groups in total. The summed E-state index contributed by atoms with van der Waals surface area (Å²) in [5.74, 6) is 0. The van der Waals surface area contributed by atoms with E-state index in [9.17, 15) is 0 Å². The lowest BCUT2D eigenvalue weighted by molar-refractivity contribution is 0.196. The lowest BCUT2D eigenvalue weighted by Crippen LogP contribution is -2.32. The van der Waals surface area contributed by atoms with Crippen molar-refractivity contribution in [3.8, 4) is 0 Å². The Bertz CT molecular complexity index is 353. The molecule has 2 heterocycles. The summed E-state index contributed by atoms with van der Waals surface area (Å²) in [7, 11) is 0. The van der Waals surface area contributed by atoms with E-state index in [0.717, 1.165) is 39.1 Å². The van der Waals surface area contributed by atoms with Crippen LogP contribution in [-0.2, 0) is 13.0 Å². The lowest BCUT2D eigenvalue weighted by Gasteiger charge is -2.20. The molecule has 2 rings (SSSR count). The fourth-order valence-electron chi connectivity index (χ4n) is 2.47. The molecule has 1 aromatic rings. The third kappa shape index (κ3) is 4.05. The Hall–Kier alpha value is -0.420. The van der Waals surface area contributed by atoms with Crippen LogP contribution in [0.15, 0.2) is 12.1 Å². The van der Waals surface area contributed by atoms with E-state index in [2.05, 4.69) is 28.9 Å². The van der Waals surface area contributed by atoms with Crippen LogP contribution in [0, 0.1) is 0 Å². The molecule has 1 fully saturated rings. The molecule has 0 amide bonds. The molecular weight excluding hydrogens is 244 g/mol. The quantitative estimate of drug-likeness (QED) is 0.882. The normalized spacial score (nSPS) is 19.0. The van der Waals surface area contributed by atoms with Crippen molar-refractivity contribution >= 4 is 11.3 Å². The molecule has 0 bridgehead atoms. The first kappa shape index (κ1) is 14.0. The van der Waals surface area contributed by atoms with Crippen molar-refractivity contribution in [1.82, 2.24) is 9.80 Å². The van der Waals surface area contributed by atoms with Gasteiger partial charge in [0.25, 0.3) is 0 Å². The summed E-state index contributed by atoms with van der Waals surface area (Å²) >= 11 is 1.95. The van der Waals surface area contributed by atoms with Gasteiger partial charge in [-0.1, -0.05) is 6.92 Å². The van der Waals surface area contributed by atoms with Gasteiger partial charge in [-0.25, -0.2) is 0 Å². The molecule has 0 atom stereocenters. The van der Waals surface area contributed by atoms with Gasteiger partial charge < -0.3 is 5.11 Å². The van der Waals surface area contributed by atoms with Crippen LogP contribution in [0.2, 0.25) is 0 Å². The molecule has 0 aliphatic carbocycles. The summed E-state index contributed by atoms with van der Waals surface area (Å²) in [6, 6.07) is 4.54. The molecule has 0 aromatic carbocycles. The van der Waals surface area contributed by atoms with Gasteiger partial charge in [0, 0.05) is 35.9 Å². The highest BCUT2D eigenvalue weighted by atomic mass is 32.1. The van der Waals surface area contributed by atoms with Crippen molar-refractivity contribution < 1.29 is 5.11 Å². The largest absolute Gasteiger partial charge is 0.395 e. The van der Waals surface area contributed by atoms with E-state index in [-0.39, 0.29) is 6.61 Å². The van der Waals surface area contributed by atoms with Gasteiger partial charge in [0.1, 0.15) is 0 Å². The van der Waals surface area contributed by atoms with Crippen LogP contribution in [0.3, 0.4) is 0 Å². The maximum Gasteiger partial charge on any atom is 0.0558 e. The van der Waals surface area contributed by atoms with Crippen molar-refractivity contribution in [2.45, 2.75) is 26.3 Å². The maximum atomic E-state index is 8.99. The summed E-state index contributed by atoms with van der Waals surface area (Å²) in [4.78, 5) is 7.89. The summed E-state index contributed by atoms with van der Waals surface area (Å²) in [5.41, 5.74) is 0. The molecule has 1 aliphatic heterocycles. The number of nitrogens with zero attached hydrogens (tertiary/aromatic N) is 2. The van der Waals surface area contributed by atoms with Crippen molar-refractivity contribution in [2.24, 2.45) is 0 Å². The van der Waals surface area contributed by atoms with Gasteiger partial charge in [0.05, 0.1) is 6.61 Å². The Morgan fingerprint density at radius 2 is 1.83 bits per heavy atom. The average molecular weight is 268 g/mol. The van der Waals surface area contributed by atoms with E-state index in [1.807, 2.05) is 11.3 Å². The van der Waals surface area contributed by atoms with E-state index in [1.165, 1.54) is 22.7 Å². The number of rotatable bonds is 5. The highest BCUT2D eigenvalue weighted by Gasteiger charge is 2.14. The van der Waals surface area contributed by atoms with E-state index >= 15 is 0 Å². The predicted molar refractivity (Wildman–Crippen MR) is 77.1 cm³/mol. The maximum absolute atomic E-state index is 8.99. The Morgan fingerprint density at radius 3 is 2.56 bits per heavy atom. The number of thiophene rings is 1. The first-order chi connectivity index (χ1) is 8.81. The number of hydrogen-bond acceptors (Lipinski definition) is 4. The number of β-amino-alcohol motifs (C(OH)–C–C–N with tert-alkyl or cyclic N) is 1. The molecule has 0 spiro atoms. The summed E-state index contributed by atoms with van der Waals surface area (Å²) in [6.07, 6.45) is 2.36. The van der Waals surface area contributed by atoms with Gasteiger partial charge in [-0.15, -0.1) is 11.3 Å². The molecule has 4 heteroatoms. The first-order valence-corrected chi connectivity index (χ1v) is 7.76. The lowest BCUT2D eigenvalue weighted by atomic mass is 10.3. The zero-order valence-electron chi connectivity index (χ0n) is 11.3. The smallest absolute Gasteiger partial charge is 0.0558 e. The molecule has 1 aliphatic rings. The van der Waals surface area contributed by atoms with Gasteiger partial charge in [0.15, 0.2) is 0 Å². The molecule has 102 valence electrons. The number of aliphatic hydroxyl groups excluding tert-OH is 1. The number of aliphatic hydroxyl groups is 1. The third-order valence-electron chi connectivity index (χ3n) is 3.54. The molecule has 1 saturated heterocycles. The standard InChI is InChI=1S/C14H24N2OS/c1-2-13-4-5-14(18-13)12-16-7-3-6-15(8-9-16)10-11-17/h4-5,17H,2-3,6-12H2,1H3. The molecule has 0 radical (unpaired) electrons. The predicted octanol–water partition coefficient (Wildman–Crippen LogP) is 1.81.